The molecule has 5 fully saturated rings. The summed E-state index contributed by atoms with van der Waals surface area (Å²) in [6.07, 6.45) is 10.8. The minimum Gasteiger partial charge on any atom is -0.462 e. The molecule has 5 aliphatic carbocycles. The maximum atomic E-state index is 12.4. The quantitative estimate of drug-likeness (QED) is 0.166. The van der Waals surface area contributed by atoms with E-state index in [-0.39, 0.29) is 51.6 Å². The average molecular weight is 755 g/mol. The number of carbonyl (C=O) groups excluding carboxylic acids is 1. The van der Waals surface area contributed by atoms with E-state index >= 15 is 0 Å². The van der Waals surface area contributed by atoms with Crippen molar-refractivity contribution in [1.29, 1.82) is 0 Å². The first-order chi connectivity index (χ1) is 25.2. The van der Waals surface area contributed by atoms with Crippen molar-refractivity contribution in [2.75, 3.05) is 6.54 Å². The normalized spacial score (nSPS) is 38.2. The van der Waals surface area contributed by atoms with Gasteiger partial charge in [0, 0.05) is 30.8 Å². The molecule has 294 valence electrons. The number of hydrogen-bond donors (Lipinski definition) is 1. The zero-order valence-corrected chi connectivity index (χ0v) is 35.2. The maximum Gasteiger partial charge on any atom is 0.302 e. The molecule has 0 saturated heterocycles. The highest BCUT2D eigenvalue weighted by atomic mass is 35.5. The van der Waals surface area contributed by atoms with Gasteiger partial charge in [0.25, 0.3) is 0 Å². The van der Waals surface area contributed by atoms with Crippen LogP contribution in [0.3, 0.4) is 0 Å². The number of ether oxygens (including phenoxy) is 1. The van der Waals surface area contributed by atoms with Gasteiger partial charge in [0.15, 0.2) is 0 Å². The Hall–Kier alpha value is -2.58. The Morgan fingerprint density at radius 2 is 1.44 bits per heavy atom. The number of carbonyl (C=O) groups is 1. The Labute approximate surface area is 333 Å². The van der Waals surface area contributed by atoms with Gasteiger partial charge in [0.1, 0.15) is 12.2 Å². The van der Waals surface area contributed by atoms with E-state index in [1.807, 2.05) is 0 Å². The number of allylic oxidation sites excluding steroid dienone is 1. The van der Waals surface area contributed by atoms with Gasteiger partial charge in [-0.05, 0) is 128 Å². The molecule has 0 amide bonds. The largest absolute Gasteiger partial charge is 0.462 e. The summed E-state index contributed by atoms with van der Waals surface area (Å²) in [5.74, 6) is 9.51. The van der Waals surface area contributed by atoms with E-state index in [9.17, 15) is 9.90 Å². The number of hydrogen-bond acceptors (Lipinski definition) is 4. The lowest BCUT2D eigenvalue weighted by Crippen LogP contribution is -2.67. The van der Waals surface area contributed by atoms with E-state index in [1.165, 1.54) is 42.4 Å². The van der Waals surface area contributed by atoms with Crippen molar-refractivity contribution < 1.29 is 14.6 Å². The van der Waals surface area contributed by atoms with E-state index in [0.717, 1.165) is 51.6 Å². The van der Waals surface area contributed by atoms with Crippen LogP contribution in [0.2, 0.25) is 0 Å². The van der Waals surface area contributed by atoms with E-state index < -0.39 is 6.10 Å². The SMILES string of the molecule is C=C(C)[C@@H]1CC[C@]2([C@@H](O)C#CCN(Cc3ccccc3)Cc3ccccc3)CC[C@]3(C)[C@H](CC[C@@H]4[C@@]5(C)CC[C@H](OC(C)=O)C(C)(C)[C@@H]5CC[C@]43C)[C@@H]12.Cl. The summed E-state index contributed by atoms with van der Waals surface area (Å²) in [6, 6.07) is 21.3. The lowest BCUT2D eigenvalue weighted by atomic mass is 9.32. The number of rotatable bonds is 8. The Balaban J connectivity index is 0.00000497. The molecular formula is C49H68ClNO3. The molecule has 0 aromatic heterocycles. The molecule has 1 N–H and O–H groups in total. The first-order valence-electron chi connectivity index (χ1n) is 20.9. The number of fused-ring (bicyclic) bond motifs is 7. The third-order valence-electron chi connectivity index (χ3n) is 17.0. The topological polar surface area (TPSA) is 49.8 Å². The third kappa shape index (κ3) is 6.81. The van der Waals surface area contributed by atoms with Crippen molar-refractivity contribution in [3.63, 3.8) is 0 Å². The molecule has 2 aromatic rings. The van der Waals surface area contributed by atoms with Gasteiger partial charge in [-0.1, -0.05) is 119 Å². The molecule has 0 radical (unpaired) electrons. The van der Waals surface area contributed by atoms with Crippen molar-refractivity contribution in [1.82, 2.24) is 4.90 Å². The Morgan fingerprint density at radius 1 is 0.815 bits per heavy atom. The summed E-state index contributed by atoms with van der Waals surface area (Å²) in [6.45, 7) is 23.4. The Bertz CT molecular complexity index is 1670. The molecule has 7 rings (SSSR count). The predicted molar refractivity (Wildman–Crippen MR) is 223 cm³/mol. The number of nitrogens with zero attached hydrogens (tertiary/aromatic N) is 1. The van der Waals surface area contributed by atoms with Crippen LogP contribution in [0, 0.1) is 68.5 Å². The fourth-order valence-corrected chi connectivity index (χ4v) is 14.3. The molecule has 5 aliphatic rings. The molecule has 0 unspecified atom stereocenters. The second kappa shape index (κ2) is 15.4. The van der Waals surface area contributed by atoms with Gasteiger partial charge in [0.05, 0.1) is 6.54 Å². The molecule has 0 spiro atoms. The van der Waals surface area contributed by atoms with Crippen LogP contribution < -0.4 is 0 Å². The molecule has 54 heavy (non-hydrogen) atoms. The fourth-order valence-electron chi connectivity index (χ4n) is 14.3. The van der Waals surface area contributed by atoms with E-state index in [0.29, 0.717) is 36.1 Å². The Kier molecular flexibility index (Phi) is 11.7. The van der Waals surface area contributed by atoms with Crippen molar-refractivity contribution in [2.45, 2.75) is 138 Å². The van der Waals surface area contributed by atoms with Crippen LogP contribution in [0.5, 0.6) is 0 Å². The number of aliphatic hydroxyl groups is 1. The first kappa shape index (κ1) is 41.1. The Morgan fingerprint density at radius 3 is 2.04 bits per heavy atom. The van der Waals surface area contributed by atoms with Crippen molar-refractivity contribution in [2.24, 2.45) is 56.7 Å². The van der Waals surface area contributed by atoms with E-state index in [1.54, 1.807) is 6.92 Å². The lowest BCUT2D eigenvalue weighted by molar-refractivity contribution is -0.253. The van der Waals surface area contributed by atoms with Crippen molar-refractivity contribution in [3.05, 3.63) is 83.9 Å². The van der Waals surface area contributed by atoms with Gasteiger partial charge in [-0.2, -0.15) is 0 Å². The molecule has 0 bridgehead atoms. The zero-order valence-electron chi connectivity index (χ0n) is 34.3. The summed E-state index contributed by atoms with van der Waals surface area (Å²) in [5, 5.41) is 12.4. The van der Waals surface area contributed by atoms with Gasteiger partial charge in [0.2, 0.25) is 0 Å². The van der Waals surface area contributed by atoms with Crippen LogP contribution in [0.4, 0.5) is 0 Å². The van der Waals surface area contributed by atoms with Crippen LogP contribution in [0.1, 0.15) is 124 Å². The van der Waals surface area contributed by atoms with Gasteiger partial charge in [-0.25, -0.2) is 0 Å². The molecule has 2 aromatic carbocycles. The maximum absolute atomic E-state index is 12.4. The number of benzene rings is 2. The highest BCUT2D eigenvalue weighted by Crippen LogP contribution is 2.78. The van der Waals surface area contributed by atoms with Crippen LogP contribution in [0.15, 0.2) is 72.8 Å². The minimum absolute atomic E-state index is 0. The van der Waals surface area contributed by atoms with E-state index in [2.05, 4.69) is 126 Å². The standard InChI is InChI=1S/C49H67NO3.ClH/c1-34(2)38-23-28-49(42(52)20-15-31-50(32-36-16-11-9-12-17-36)33-37-18-13-10-14-19-37)30-29-47(7)39(44(38)49)21-22-41-46(6)26-25-43(53-35(3)51)45(4,5)40(46)24-27-48(41,47)8;/h9-14,16-19,38-44,52H,1,21-33H2,2-8H3;1H/t38-,39+,40-,41+,42-,43-,44+,46-,47+,48+,49+;/m0./s1. The monoisotopic (exact) mass is 753 g/mol. The highest BCUT2D eigenvalue weighted by molar-refractivity contribution is 5.85. The summed E-state index contributed by atoms with van der Waals surface area (Å²) < 4.78 is 5.99. The van der Waals surface area contributed by atoms with Crippen LogP contribution >= 0.6 is 12.4 Å². The molecular weight excluding hydrogens is 686 g/mol. The minimum atomic E-state index is -0.632. The first-order valence-corrected chi connectivity index (χ1v) is 20.9. The summed E-state index contributed by atoms with van der Waals surface area (Å²) in [5.41, 5.74) is 4.30. The predicted octanol–water partition coefficient (Wildman–Crippen LogP) is 11.1. The number of aliphatic hydroxyl groups excluding tert-OH is 1. The second-order valence-electron chi connectivity index (χ2n) is 19.7. The molecule has 4 nitrogen and oxygen atoms in total. The van der Waals surface area contributed by atoms with Crippen molar-refractivity contribution >= 4 is 18.4 Å². The lowest BCUT2D eigenvalue weighted by Gasteiger charge is -2.73. The average Bonchev–Trinajstić information content (AvgIpc) is 3.52. The molecule has 5 saturated carbocycles. The van der Waals surface area contributed by atoms with Gasteiger partial charge >= 0.3 is 5.97 Å². The van der Waals surface area contributed by atoms with Gasteiger partial charge < -0.3 is 9.84 Å². The fraction of sp³-hybridized carbons (Fsp3) is 0.653. The number of halogens is 1. The molecule has 0 aliphatic heterocycles. The highest BCUT2D eigenvalue weighted by Gasteiger charge is 2.71. The van der Waals surface area contributed by atoms with Gasteiger partial charge in [-0.3, -0.25) is 9.69 Å². The van der Waals surface area contributed by atoms with E-state index in [4.69, 9.17) is 4.74 Å². The summed E-state index contributed by atoms with van der Waals surface area (Å²) in [7, 11) is 0. The summed E-state index contributed by atoms with van der Waals surface area (Å²) >= 11 is 0. The second-order valence-corrected chi connectivity index (χ2v) is 19.7. The van der Waals surface area contributed by atoms with Gasteiger partial charge in [-0.15, -0.1) is 12.4 Å². The summed E-state index contributed by atoms with van der Waals surface area (Å²) in [4.78, 5) is 14.5. The molecule has 0 heterocycles. The third-order valence-corrected chi connectivity index (χ3v) is 17.0. The molecule has 5 heteroatoms. The zero-order chi connectivity index (χ0) is 37.8. The van der Waals surface area contributed by atoms with Crippen LogP contribution in [-0.2, 0) is 22.6 Å². The molecule has 11 atom stereocenters. The smallest absolute Gasteiger partial charge is 0.302 e. The van der Waals surface area contributed by atoms with Crippen molar-refractivity contribution in [3.8, 4) is 11.8 Å². The van der Waals surface area contributed by atoms with Crippen LogP contribution in [-0.4, -0.2) is 34.7 Å². The number of esters is 1. The van der Waals surface area contributed by atoms with Crippen LogP contribution in [0.25, 0.3) is 0 Å².